The van der Waals surface area contributed by atoms with Gasteiger partial charge in [-0.05, 0) is 78.2 Å². The minimum Gasteiger partial charge on any atom is -0.340 e. The standard InChI is InChI=1S/C19H21BrFN3OS/c1-4-24(19(26)22-16-9-8-14(21)10-15(16)20)11-17(25)23-18-12(2)6-5-7-13(18)3/h5-10H,4,11H2,1-3H3,(H,22,26)(H,23,25). The summed E-state index contributed by atoms with van der Waals surface area (Å²) in [7, 11) is 0. The molecule has 0 atom stereocenters. The molecule has 0 bridgehead atoms. The summed E-state index contributed by atoms with van der Waals surface area (Å²) in [5.41, 5.74) is 3.49. The second kappa shape index (κ2) is 9.09. The Bertz CT molecular complexity index is 808. The number of rotatable bonds is 5. The highest BCUT2D eigenvalue weighted by atomic mass is 79.9. The van der Waals surface area contributed by atoms with E-state index in [4.69, 9.17) is 12.2 Å². The largest absolute Gasteiger partial charge is 0.340 e. The topological polar surface area (TPSA) is 44.4 Å². The second-order valence-corrected chi connectivity index (χ2v) is 7.12. The van der Waals surface area contributed by atoms with E-state index in [0.29, 0.717) is 21.8 Å². The average molecular weight is 438 g/mol. The highest BCUT2D eigenvalue weighted by Gasteiger charge is 2.15. The molecule has 0 aliphatic carbocycles. The van der Waals surface area contributed by atoms with Crippen LogP contribution < -0.4 is 10.6 Å². The van der Waals surface area contributed by atoms with Crippen LogP contribution in [-0.2, 0) is 4.79 Å². The first-order valence-electron chi connectivity index (χ1n) is 8.18. The molecule has 0 aromatic heterocycles. The molecule has 1 amide bonds. The molecule has 0 radical (unpaired) electrons. The van der Waals surface area contributed by atoms with Crippen LogP contribution in [0.1, 0.15) is 18.1 Å². The van der Waals surface area contributed by atoms with E-state index in [1.165, 1.54) is 12.1 Å². The monoisotopic (exact) mass is 437 g/mol. The van der Waals surface area contributed by atoms with Gasteiger partial charge in [0.05, 0.1) is 12.2 Å². The number of hydrogen-bond donors (Lipinski definition) is 2. The number of hydrogen-bond acceptors (Lipinski definition) is 2. The van der Waals surface area contributed by atoms with E-state index in [-0.39, 0.29) is 18.3 Å². The summed E-state index contributed by atoms with van der Waals surface area (Å²) in [6.07, 6.45) is 0. The molecule has 7 heteroatoms. The predicted octanol–water partition coefficient (Wildman–Crippen LogP) is 4.86. The van der Waals surface area contributed by atoms with Gasteiger partial charge in [-0.25, -0.2) is 4.39 Å². The van der Waals surface area contributed by atoms with Crippen LogP contribution in [0.25, 0.3) is 0 Å². The fourth-order valence-electron chi connectivity index (χ4n) is 2.48. The maximum absolute atomic E-state index is 13.2. The number of aryl methyl sites for hydroxylation is 2. The molecule has 138 valence electrons. The molecule has 26 heavy (non-hydrogen) atoms. The van der Waals surface area contributed by atoms with Gasteiger partial charge in [0.15, 0.2) is 5.11 Å². The van der Waals surface area contributed by atoms with E-state index in [1.807, 2.05) is 39.0 Å². The third-order valence-electron chi connectivity index (χ3n) is 3.92. The molecule has 0 unspecified atom stereocenters. The lowest BCUT2D eigenvalue weighted by molar-refractivity contribution is -0.116. The summed E-state index contributed by atoms with van der Waals surface area (Å²) in [5.74, 6) is -0.486. The van der Waals surface area contributed by atoms with Gasteiger partial charge in [0.2, 0.25) is 5.91 Å². The van der Waals surface area contributed by atoms with Gasteiger partial charge < -0.3 is 15.5 Å². The number of thiocarbonyl (C=S) groups is 1. The van der Waals surface area contributed by atoms with Crippen molar-refractivity contribution in [3.8, 4) is 0 Å². The van der Waals surface area contributed by atoms with Crippen LogP contribution in [0.3, 0.4) is 0 Å². The van der Waals surface area contributed by atoms with Gasteiger partial charge in [-0.15, -0.1) is 0 Å². The number of nitrogens with one attached hydrogen (secondary N) is 2. The molecule has 0 aliphatic rings. The van der Waals surface area contributed by atoms with Gasteiger partial charge in [-0.1, -0.05) is 18.2 Å². The van der Waals surface area contributed by atoms with Gasteiger partial charge in [0.1, 0.15) is 5.82 Å². The summed E-state index contributed by atoms with van der Waals surface area (Å²) in [6, 6.07) is 10.2. The maximum atomic E-state index is 13.2. The highest BCUT2D eigenvalue weighted by Crippen LogP contribution is 2.23. The molecule has 2 N–H and O–H groups in total. The van der Waals surface area contributed by atoms with Crippen molar-refractivity contribution in [3.05, 3.63) is 57.8 Å². The van der Waals surface area contributed by atoms with Crippen molar-refractivity contribution in [2.45, 2.75) is 20.8 Å². The Morgan fingerprint density at radius 3 is 2.42 bits per heavy atom. The summed E-state index contributed by atoms with van der Waals surface area (Å²) in [6.45, 7) is 6.51. The first kappa shape index (κ1) is 20.3. The van der Waals surface area contributed by atoms with E-state index < -0.39 is 0 Å². The summed E-state index contributed by atoms with van der Waals surface area (Å²) in [4.78, 5) is 14.2. The average Bonchev–Trinajstić information content (AvgIpc) is 2.58. The van der Waals surface area contributed by atoms with Crippen LogP contribution in [0.4, 0.5) is 15.8 Å². The number of halogens is 2. The Labute approximate surface area is 166 Å². The first-order chi connectivity index (χ1) is 12.3. The smallest absolute Gasteiger partial charge is 0.243 e. The van der Waals surface area contributed by atoms with E-state index in [2.05, 4.69) is 26.6 Å². The zero-order valence-corrected chi connectivity index (χ0v) is 17.3. The molecule has 0 saturated carbocycles. The van der Waals surface area contributed by atoms with Crippen molar-refractivity contribution < 1.29 is 9.18 Å². The highest BCUT2D eigenvalue weighted by molar-refractivity contribution is 9.10. The summed E-state index contributed by atoms with van der Waals surface area (Å²) in [5, 5.41) is 6.40. The third-order valence-corrected chi connectivity index (χ3v) is 4.94. The van der Waals surface area contributed by atoms with Gasteiger partial charge in [-0.3, -0.25) is 4.79 Å². The normalized spacial score (nSPS) is 10.3. The Morgan fingerprint density at radius 2 is 1.85 bits per heavy atom. The Balaban J connectivity index is 2.03. The number of carbonyl (C=O) groups excluding carboxylic acids is 1. The van der Waals surface area contributed by atoms with E-state index >= 15 is 0 Å². The Kier molecular flexibility index (Phi) is 7.11. The van der Waals surface area contributed by atoms with Crippen molar-refractivity contribution in [3.63, 3.8) is 0 Å². The van der Waals surface area contributed by atoms with Crippen LogP contribution in [0.5, 0.6) is 0 Å². The first-order valence-corrected chi connectivity index (χ1v) is 9.39. The van der Waals surface area contributed by atoms with Crippen LogP contribution >= 0.6 is 28.1 Å². The molecule has 4 nitrogen and oxygen atoms in total. The second-order valence-electron chi connectivity index (χ2n) is 5.88. The molecule has 0 fully saturated rings. The van der Waals surface area contributed by atoms with Crippen molar-refractivity contribution in [1.29, 1.82) is 0 Å². The van der Waals surface area contributed by atoms with Gasteiger partial charge >= 0.3 is 0 Å². The molecule has 2 rings (SSSR count). The number of nitrogens with zero attached hydrogens (tertiary/aromatic N) is 1. The lowest BCUT2D eigenvalue weighted by Gasteiger charge is -2.24. The van der Waals surface area contributed by atoms with Crippen molar-refractivity contribution in [1.82, 2.24) is 4.90 Å². The Morgan fingerprint density at radius 1 is 1.19 bits per heavy atom. The maximum Gasteiger partial charge on any atom is 0.243 e. The van der Waals surface area contributed by atoms with Gasteiger partial charge in [0, 0.05) is 16.7 Å². The van der Waals surface area contributed by atoms with Crippen molar-refractivity contribution >= 4 is 50.5 Å². The number of anilines is 2. The fourth-order valence-corrected chi connectivity index (χ4v) is 3.23. The molecule has 0 saturated heterocycles. The number of likely N-dealkylation sites (N-methyl/N-ethyl adjacent to an activating group) is 1. The Hall–Kier alpha value is -1.99. The molecule has 2 aromatic carbocycles. The quantitative estimate of drug-likeness (QED) is 0.655. The molecule has 2 aromatic rings. The number of benzene rings is 2. The molecule has 0 spiro atoms. The van der Waals surface area contributed by atoms with Crippen LogP contribution in [0, 0.1) is 19.7 Å². The van der Waals surface area contributed by atoms with Crippen molar-refractivity contribution in [2.75, 3.05) is 23.7 Å². The summed E-state index contributed by atoms with van der Waals surface area (Å²) < 4.78 is 13.8. The minimum absolute atomic E-state index is 0.120. The minimum atomic E-state index is -0.339. The predicted molar refractivity (Wildman–Crippen MR) is 112 cm³/mol. The van der Waals surface area contributed by atoms with E-state index in [1.54, 1.807) is 11.0 Å². The van der Waals surface area contributed by atoms with Gasteiger partial charge in [0.25, 0.3) is 0 Å². The van der Waals surface area contributed by atoms with Crippen molar-refractivity contribution in [2.24, 2.45) is 0 Å². The van der Waals surface area contributed by atoms with Crippen LogP contribution in [0.15, 0.2) is 40.9 Å². The molecule has 0 heterocycles. The zero-order chi connectivity index (χ0) is 19.3. The molecular formula is C19H21BrFN3OS. The lowest BCUT2D eigenvalue weighted by Crippen LogP contribution is -2.40. The number of para-hydroxylation sites is 1. The molecule has 0 aliphatic heterocycles. The fraction of sp³-hybridized carbons (Fsp3) is 0.263. The van der Waals surface area contributed by atoms with Crippen LogP contribution in [0.2, 0.25) is 0 Å². The SMILES string of the molecule is CCN(CC(=O)Nc1c(C)cccc1C)C(=S)Nc1ccc(F)cc1Br. The van der Waals surface area contributed by atoms with E-state index in [0.717, 1.165) is 16.8 Å². The van der Waals surface area contributed by atoms with E-state index in [9.17, 15) is 9.18 Å². The van der Waals surface area contributed by atoms with Crippen LogP contribution in [-0.4, -0.2) is 29.0 Å². The number of amides is 1. The lowest BCUT2D eigenvalue weighted by atomic mass is 10.1. The molecular weight excluding hydrogens is 417 g/mol. The third kappa shape index (κ3) is 5.25. The van der Waals surface area contributed by atoms with Gasteiger partial charge in [-0.2, -0.15) is 0 Å². The number of carbonyl (C=O) groups is 1. The summed E-state index contributed by atoms with van der Waals surface area (Å²) >= 11 is 8.70. The zero-order valence-electron chi connectivity index (χ0n) is 14.9.